The Morgan fingerprint density at radius 2 is 1.68 bits per heavy atom. The number of benzene rings is 3. The van der Waals surface area contributed by atoms with Crippen molar-refractivity contribution in [2.24, 2.45) is 5.10 Å². The lowest BCUT2D eigenvalue weighted by molar-refractivity contribution is -0.123. The first-order valence-corrected chi connectivity index (χ1v) is 11.8. The highest BCUT2D eigenvalue weighted by molar-refractivity contribution is 5.82. The maximum atomic E-state index is 13.0. The van der Waals surface area contributed by atoms with Gasteiger partial charge in [0.15, 0.2) is 18.1 Å². The van der Waals surface area contributed by atoms with Gasteiger partial charge in [0.25, 0.3) is 5.91 Å². The van der Waals surface area contributed by atoms with Gasteiger partial charge in [-0.3, -0.25) is 4.79 Å². The van der Waals surface area contributed by atoms with Crippen molar-refractivity contribution in [3.05, 3.63) is 71.0 Å². The van der Waals surface area contributed by atoms with E-state index in [2.05, 4.69) is 10.5 Å². The molecule has 0 radical (unpaired) electrons. The van der Waals surface area contributed by atoms with E-state index in [4.69, 9.17) is 28.4 Å². The fourth-order valence-electron chi connectivity index (χ4n) is 4.13. The van der Waals surface area contributed by atoms with Gasteiger partial charge in [0.05, 0.1) is 34.7 Å². The molecule has 3 aromatic rings. The van der Waals surface area contributed by atoms with E-state index in [1.807, 2.05) is 12.1 Å². The van der Waals surface area contributed by atoms with Crippen molar-refractivity contribution < 1.29 is 37.6 Å². The third-order valence-electron chi connectivity index (χ3n) is 5.99. The van der Waals surface area contributed by atoms with Gasteiger partial charge in [-0.2, -0.15) is 5.10 Å². The number of rotatable bonds is 10. The smallest absolute Gasteiger partial charge is 0.277 e. The van der Waals surface area contributed by atoms with Crippen LogP contribution in [-0.2, 0) is 11.2 Å². The average Bonchev–Trinajstić information content (AvgIpc) is 2.95. The fraction of sp³-hybridized carbons (Fsp3) is 0.286. The number of nitrogens with one attached hydrogen (secondary N) is 1. The summed E-state index contributed by atoms with van der Waals surface area (Å²) in [5, 5.41) is 3.87. The highest BCUT2D eigenvalue weighted by atomic mass is 19.1. The largest absolute Gasteiger partial charge is 0.496 e. The van der Waals surface area contributed by atoms with Gasteiger partial charge in [-0.25, -0.2) is 9.82 Å². The molecule has 1 amide bonds. The quantitative estimate of drug-likeness (QED) is 0.309. The predicted molar refractivity (Wildman–Crippen MR) is 138 cm³/mol. The van der Waals surface area contributed by atoms with Crippen LogP contribution >= 0.6 is 0 Å². The molecule has 1 aliphatic rings. The van der Waals surface area contributed by atoms with Crippen molar-refractivity contribution in [1.29, 1.82) is 0 Å². The second-order valence-electron chi connectivity index (χ2n) is 8.34. The number of amides is 1. The van der Waals surface area contributed by atoms with Crippen molar-refractivity contribution in [2.45, 2.75) is 18.9 Å². The first kappa shape index (κ1) is 26.6. The number of fused-ring (bicyclic) bond motifs is 1. The molecule has 38 heavy (non-hydrogen) atoms. The summed E-state index contributed by atoms with van der Waals surface area (Å²) in [4.78, 5) is 12.2. The molecule has 1 N–H and O–H groups in total. The second kappa shape index (κ2) is 12.2. The molecule has 1 atom stereocenters. The number of nitrogens with zero attached hydrogens (tertiary/aromatic N) is 1. The van der Waals surface area contributed by atoms with Crippen LogP contribution in [0.15, 0.2) is 53.6 Å². The Labute approximate surface area is 220 Å². The average molecular weight is 525 g/mol. The maximum Gasteiger partial charge on any atom is 0.277 e. The van der Waals surface area contributed by atoms with Gasteiger partial charge < -0.3 is 28.4 Å². The molecule has 9 nitrogen and oxygen atoms in total. The normalized spacial score (nSPS) is 14.3. The minimum atomic E-state index is -0.462. The number of hydrazone groups is 1. The van der Waals surface area contributed by atoms with Gasteiger partial charge in [-0.05, 0) is 48.2 Å². The van der Waals surface area contributed by atoms with Crippen molar-refractivity contribution >= 4 is 12.1 Å². The van der Waals surface area contributed by atoms with Crippen LogP contribution in [0.1, 0.15) is 29.2 Å². The molecule has 200 valence electrons. The van der Waals surface area contributed by atoms with E-state index >= 15 is 0 Å². The van der Waals surface area contributed by atoms with Crippen LogP contribution in [0.5, 0.6) is 34.5 Å². The van der Waals surface area contributed by atoms with Crippen LogP contribution in [0.25, 0.3) is 0 Å². The number of carbonyl (C=O) groups is 1. The van der Waals surface area contributed by atoms with Gasteiger partial charge in [-0.1, -0.05) is 12.1 Å². The van der Waals surface area contributed by atoms with Crippen LogP contribution in [0, 0.1) is 5.82 Å². The van der Waals surface area contributed by atoms with Gasteiger partial charge >= 0.3 is 0 Å². The third kappa shape index (κ3) is 6.08. The van der Waals surface area contributed by atoms with Crippen molar-refractivity contribution in [3.8, 4) is 34.5 Å². The molecule has 0 saturated carbocycles. The van der Waals surface area contributed by atoms with E-state index in [0.717, 1.165) is 11.1 Å². The number of hydrogen-bond acceptors (Lipinski definition) is 8. The summed E-state index contributed by atoms with van der Waals surface area (Å²) >= 11 is 0. The molecule has 0 saturated heterocycles. The van der Waals surface area contributed by atoms with Crippen molar-refractivity contribution in [1.82, 2.24) is 5.43 Å². The second-order valence-corrected chi connectivity index (χ2v) is 8.34. The molecular formula is C28H29FN2O7. The Bertz CT molecular complexity index is 1290. The zero-order valence-electron chi connectivity index (χ0n) is 21.6. The molecule has 3 aromatic carbocycles. The van der Waals surface area contributed by atoms with Crippen LogP contribution < -0.4 is 33.8 Å². The van der Waals surface area contributed by atoms with Crippen LogP contribution in [0.3, 0.4) is 0 Å². The maximum absolute atomic E-state index is 13.0. The van der Waals surface area contributed by atoms with Crippen molar-refractivity contribution in [2.75, 3.05) is 35.0 Å². The number of ether oxygens (including phenoxy) is 6. The summed E-state index contributed by atoms with van der Waals surface area (Å²) in [6, 6.07) is 12.9. The Hall–Kier alpha value is -4.47. The lowest BCUT2D eigenvalue weighted by Crippen LogP contribution is -2.24. The molecular weight excluding hydrogens is 495 g/mol. The minimum absolute atomic E-state index is 0.278. The van der Waals surface area contributed by atoms with E-state index < -0.39 is 5.91 Å². The monoisotopic (exact) mass is 524 g/mol. The standard InChI is InChI=1S/C28H29FN2O7/c1-33-23-13-20(37-16-27(32)31-30-15-17-5-7-19(29)8-6-17)14-24-21(23)9-10-22(38-24)18-11-25(34-2)28(36-4)26(12-18)35-3/h5-8,11-15,22H,9-10,16H2,1-4H3,(H,31,32)/b30-15+. The number of halogens is 1. The molecule has 10 heteroatoms. The molecule has 4 rings (SSSR count). The number of carbonyl (C=O) groups excluding carboxylic acids is 1. The van der Waals surface area contributed by atoms with Crippen LogP contribution in [0.2, 0.25) is 0 Å². The molecule has 1 heterocycles. The highest BCUT2D eigenvalue weighted by Gasteiger charge is 2.27. The predicted octanol–water partition coefficient (Wildman–Crippen LogP) is 4.46. The fourth-order valence-corrected chi connectivity index (χ4v) is 4.13. The summed E-state index contributed by atoms with van der Waals surface area (Å²) in [6.45, 7) is -0.279. The zero-order valence-corrected chi connectivity index (χ0v) is 21.6. The summed E-state index contributed by atoms with van der Waals surface area (Å²) in [5.41, 5.74) is 4.81. The molecule has 0 aliphatic carbocycles. The third-order valence-corrected chi connectivity index (χ3v) is 5.99. The molecule has 0 bridgehead atoms. The minimum Gasteiger partial charge on any atom is -0.496 e. The molecule has 1 unspecified atom stereocenters. The molecule has 0 spiro atoms. The van der Waals surface area contributed by atoms with E-state index in [0.29, 0.717) is 52.9 Å². The van der Waals surface area contributed by atoms with E-state index in [9.17, 15) is 9.18 Å². The first-order chi connectivity index (χ1) is 18.4. The van der Waals surface area contributed by atoms with Gasteiger partial charge in [-0.15, -0.1) is 0 Å². The van der Waals surface area contributed by atoms with Crippen LogP contribution in [-0.4, -0.2) is 47.2 Å². The Morgan fingerprint density at radius 3 is 2.32 bits per heavy atom. The highest BCUT2D eigenvalue weighted by Crippen LogP contribution is 2.45. The zero-order chi connectivity index (χ0) is 27.1. The van der Waals surface area contributed by atoms with E-state index in [1.165, 1.54) is 18.3 Å². The topological polar surface area (TPSA) is 96.8 Å². The molecule has 0 fully saturated rings. The first-order valence-electron chi connectivity index (χ1n) is 11.8. The number of methoxy groups -OCH3 is 4. The molecule has 1 aliphatic heterocycles. The lowest BCUT2D eigenvalue weighted by atomic mass is 9.96. The van der Waals surface area contributed by atoms with Gasteiger partial charge in [0.1, 0.15) is 29.2 Å². The Morgan fingerprint density at radius 1 is 1.00 bits per heavy atom. The Balaban J connectivity index is 1.45. The summed E-state index contributed by atoms with van der Waals surface area (Å²) < 4.78 is 47.0. The van der Waals surface area contributed by atoms with E-state index in [1.54, 1.807) is 52.7 Å². The lowest BCUT2D eigenvalue weighted by Gasteiger charge is -2.29. The SMILES string of the molecule is COc1cc(OCC(=O)N/N=C/c2ccc(F)cc2)cc2c1CCC(c1cc(OC)c(OC)c(OC)c1)O2. The number of hydrogen-bond donors (Lipinski definition) is 1. The van der Waals surface area contributed by atoms with E-state index in [-0.39, 0.29) is 18.5 Å². The summed E-state index contributed by atoms with van der Waals surface area (Å²) in [7, 11) is 6.26. The van der Waals surface area contributed by atoms with Crippen molar-refractivity contribution in [3.63, 3.8) is 0 Å². The van der Waals surface area contributed by atoms with Gasteiger partial charge in [0.2, 0.25) is 5.75 Å². The summed E-state index contributed by atoms with van der Waals surface area (Å²) in [5.74, 6) is 2.39. The van der Waals surface area contributed by atoms with Gasteiger partial charge in [0, 0.05) is 17.7 Å². The molecule has 0 aromatic heterocycles. The Kier molecular flexibility index (Phi) is 8.52. The van der Waals surface area contributed by atoms with Crippen LogP contribution in [0.4, 0.5) is 4.39 Å². The summed E-state index contributed by atoms with van der Waals surface area (Å²) in [6.07, 6.45) is 2.55.